The maximum atomic E-state index is 13.2. The summed E-state index contributed by atoms with van der Waals surface area (Å²) in [6.07, 6.45) is 0.905. The number of anilines is 1. The minimum Gasteiger partial charge on any atom is -0.382 e. The monoisotopic (exact) mass is 444 g/mol. The van der Waals surface area contributed by atoms with Crippen LogP contribution in [0.2, 0.25) is 0 Å². The number of nitriles is 1. The minimum atomic E-state index is -0.384. The summed E-state index contributed by atoms with van der Waals surface area (Å²) in [6, 6.07) is 16.2. The van der Waals surface area contributed by atoms with Crippen molar-refractivity contribution in [1.29, 1.82) is 5.26 Å². The molecule has 8 nitrogen and oxygen atoms in total. The predicted molar refractivity (Wildman–Crippen MR) is 122 cm³/mol. The zero-order valence-corrected chi connectivity index (χ0v) is 17.9. The molecular weight excluding hydrogens is 423 g/mol. The summed E-state index contributed by atoms with van der Waals surface area (Å²) >= 11 is 0. The highest BCUT2D eigenvalue weighted by molar-refractivity contribution is 6.06. The first-order chi connectivity index (χ1) is 15.9. The van der Waals surface area contributed by atoms with E-state index < -0.39 is 0 Å². The molecule has 9 heteroatoms. The van der Waals surface area contributed by atoms with Crippen LogP contribution in [0.15, 0.2) is 59.4 Å². The van der Waals surface area contributed by atoms with Crippen LogP contribution in [0.1, 0.15) is 28.0 Å². The molecule has 0 aliphatic heterocycles. The molecule has 2 aromatic heterocycles. The number of aryl methyl sites for hydroxylation is 2. The molecule has 4 aromatic rings. The highest BCUT2D eigenvalue weighted by Gasteiger charge is 2.17. The van der Waals surface area contributed by atoms with Gasteiger partial charge in [-0.15, -0.1) is 0 Å². The SMILES string of the molecule is Cn1c(=O)cc(C(=O)NCCCc2nn(-c3ccc(F)cc3)c(N)c2C#N)c2ccccc21. The lowest BCUT2D eigenvalue weighted by atomic mass is 10.1. The van der Waals surface area contributed by atoms with E-state index in [4.69, 9.17) is 5.73 Å². The normalized spacial score (nSPS) is 10.8. The van der Waals surface area contributed by atoms with Gasteiger partial charge in [-0.05, 0) is 43.2 Å². The number of nitrogens with zero attached hydrogens (tertiary/aromatic N) is 4. The van der Waals surface area contributed by atoms with E-state index in [0.29, 0.717) is 47.2 Å². The quantitative estimate of drug-likeness (QED) is 0.443. The van der Waals surface area contributed by atoms with Crippen LogP contribution in [0.3, 0.4) is 0 Å². The molecule has 0 aliphatic rings. The number of nitrogen functional groups attached to an aromatic ring is 1. The number of hydrogen-bond acceptors (Lipinski definition) is 5. The molecule has 2 heterocycles. The van der Waals surface area contributed by atoms with Crippen LogP contribution in [0.5, 0.6) is 0 Å². The largest absolute Gasteiger partial charge is 0.382 e. The number of fused-ring (bicyclic) bond motifs is 1. The molecule has 33 heavy (non-hydrogen) atoms. The Bertz CT molecular complexity index is 1450. The van der Waals surface area contributed by atoms with Gasteiger partial charge in [-0.2, -0.15) is 10.4 Å². The fourth-order valence-electron chi connectivity index (χ4n) is 3.71. The number of hydrogen-bond donors (Lipinski definition) is 2. The number of benzene rings is 2. The first kappa shape index (κ1) is 21.8. The molecule has 4 rings (SSSR count). The van der Waals surface area contributed by atoms with Gasteiger partial charge in [0, 0.05) is 25.0 Å². The van der Waals surface area contributed by atoms with Crippen LogP contribution in [0.25, 0.3) is 16.6 Å². The first-order valence-electron chi connectivity index (χ1n) is 10.3. The highest BCUT2D eigenvalue weighted by atomic mass is 19.1. The smallest absolute Gasteiger partial charge is 0.252 e. The number of amides is 1. The number of aromatic nitrogens is 3. The van der Waals surface area contributed by atoms with Gasteiger partial charge in [-0.25, -0.2) is 9.07 Å². The van der Waals surface area contributed by atoms with Crippen LogP contribution in [0, 0.1) is 17.1 Å². The van der Waals surface area contributed by atoms with Crippen molar-refractivity contribution in [1.82, 2.24) is 19.7 Å². The van der Waals surface area contributed by atoms with E-state index in [2.05, 4.69) is 16.5 Å². The van der Waals surface area contributed by atoms with E-state index in [1.807, 2.05) is 12.1 Å². The van der Waals surface area contributed by atoms with Gasteiger partial charge in [-0.3, -0.25) is 9.59 Å². The summed E-state index contributed by atoms with van der Waals surface area (Å²) in [4.78, 5) is 25.0. The Kier molecular flexibility index (Phi) is 5.91. The molecule has 0 aliphatic carbocycles. The number of nitrogens with two attached hydrogens (primary N) is 1. The van der Waals surface area contributed by atoms with E-state index in [1.165, 1.54) is 39.6 Å². The average molecular weight is 444 g/mol. The van der Waals surface area contributed by atoms with Crippen LogP contribution >= 0.6 is 0 Å². The Hall–Kier alpha value is -4.45. The Morgan fingerprint density at radius 1 is 1.21 bits per heavy atom. The van der Waals surface area contributed by atoms with Crippen LogP contribution in [-0.2, 0) is 13.5 Å². The van der Waals surface area contributed by atoms with Crippen LogP contribution in [-0.4, -0.2) is 26.8 Å². The van der Waals surface area contributed by atoms with Gasteiger partial charge in [-0.1, -0.05) is 18.2 Å². The minimum absolute atomic E-state index is 0.176. The van der Waals surface area contributed by atoms with Crippen molar-refractivity contribution in [2.45, 2.75) is 12.8 Å². The van der Waals surface area contributed by atoms with E-state index in [9.17, 15) is 19.2 Å². The maximum Gasteiger partial charge on any atom is 0.252 e. The topological polar surface area (TPSA) is 119 Å². The van der Waals surface area contributed by atoms with Gasteiger partial charge in [0.05, 0.1) is 22.5 Å². The lowest BCUT2D eigenvalue weighted by Crippen LogP contribution is -2.28. The zero-order chi connectivity index (χ0) is 23.5. The molecule has 0 spiro atoms. The number of nitrogens with one attached hydrogen (secondary N) is 1. The van der Waals surface area contributed by atoms with Crippen molar-refractivity contribution < 1.29 is 9.18 Å². The lowest BCUT2D eigenvalue weighted by Gasteiger charge is -2.10. The third-order valence-corrected chi connectivity index (χ3v) is 5.45. The number of pyridine rings is 1. The summed E-state index contributed by atoms with van der Waals surface area (Å²) in [6.45, 7) is 0.316. The molecule has 2 aromatic carbocycles. The Morgan fingerprint density at radius 3 is 2.67 bits per heavy atom. The second kappa shape index (κ2) is 8.96. The van der Waals surface area contributed by atoms with Gasteiger partial charge in [0.15, 0.2) is 0 Å². The third-order valence-electron chi connectivity index (χ3n) is 5.45. The molecule has 0 unspecified atom stereocenters. The molecule has 3 N–H and O–H groups in total. The van der Waals surface area contributed by atoms with Gasteiger partial charge in [0.1, 0.15) is 23.3 Å². The lowest BCUT2D eigenvalue weighted by molar-refractivity contribution is 0.0954. The molecule has 0 saturated heterocycles. The predicted octanol–water partition coefficient (Wildman–Crippen LogP) is 2.68. The molecule has 0 radical (unpaired) electrons. The molecule has 0 bridgehead atoms. The number of halogens is 1. The van der Waals surface area contributed by atoms with E-state index in [0.717, 1.165) is 0 Å². The number of carbonyl (C=O) groups is 1. The van der Waals surface area contributed by atoms with Gasteiger partial charge >= 0.3 is 0 Å². The molecule has 1 amide bonds. The Morgan fingerprint density at radius 2 is 1.94 bits per heavy atom. The van der Waals surface area contributed by atoms with E-state index in [1.54, 1.807) is 19.2 Å². The second-order valence-electron chi connectivity index (χ2n) is 7.54. The molecule has 0 atom stereocenters. The van der Waals surface area contributed by atoms with Crippen molar-refractivity contribution in [2.24, 2.45) is 7.05 Å². The Labute approximate surface area is 188 Å². The molecule has 0 fully saturated rings. The van der Waals surface area contributed by atoms with Crippen molar-refractivity contribution in [2.75, 3.05) is 12.3 Å². The fraction of sp³-hybridized carbons (Fsp3) is 0.167. The van der Waals surface area contributed by atoms with E-state index >= 15 is 0 Å². The summed E-state index contributed by atoms with van der Waals surface area (Å²) in [7, 11) is 1.66. The van der Waals surface area contributed by atoms with Crippen molar-refractivity contribution >= 4 is 22.6 Å². The summed E-state index contributed by atoms with van der Waals surface area (Å²) in [5.74, 6) is -0.555. The standard InChI is InChI=1S/C24H21FN6O2/c1-30-21-7-3-2-5-17(21)18(13-22(30)32)24(33)28-12-4-6-20-19(14-26)23(27)31(29-20)16-10-8-15(25)9-11-16/h2-3,5,7-11,13H,4,6,12,27H2,1H3,(H,28,33). The molecular formula is C24H21FN6O2. The molecule has 0 saturated carbocycles. The van der Waals surface area contributed by atoms with Crippen LogP contribution < -0.4 is 16.6 Å². The van der Waals surface area contributed by atoms with Crippen molar-refractivity contribution in [3.05, 3.63) is 87.6 Å². The average Bonchev–Trinajstić information content (AvgIpc) is 3.14. The van der Waals surface area contributed by atoms with Crippen molar-refractivity contribution in [3.63, 3.8) is 0 Å². The maximum absolute atomic E-state index is 13.2. The van der Waals surface area contributed by atoms with Crippen molar-refractivity contribution in [3.8, 4) is 11.8 Å². The van der Waals surface area contributed by atoms with Gasteiger partial charge in [0.25, 0.3) is 11.5 Å². The molecule has 166 valence electrons. The highest BCUT2D eigenvalue weighted by Crippen LogP contribution is 2.22. The summed E-state index contributed by atoms with van der Waals surface area (Å²) in [5.41, 5.74) is 8.09. The summed E-state index contributed by atoms with van der Waals surface area (Å²) < 4.78 is 16.1. The zero-order valence-electron chi connectivity index (χ0n) is 17.9. The Balaban J connectivity index is 1.46. The van der Waals surface area contributed by atoms with Gasteiger partial charge in [0.2, 0.25) is 0 Å². The summed E-state index contributed by atoms with van der Waals surface area (Å²) in [5, 5.41) is 17.4. The second-order valence-corrected chi connectivity index (χ2v) is 7.54. The van der Waals surface area contributed by atoms with Gasteiger partial charge < -0.3 is 15.6 Å². The van der Waals surface area contributed by atoms with Crippen LogP contribution in [0.4, 0.5) is 10.2 Å². The first-order valence-corrected chi connectivity index (χ1v) is 10.3. The number of para-hydroxylation sites is 1. The number of carbonyl (C=O) groups excluding carboxylic acids is 1. The fourth-order valence-corrected chi connectivity index (χ4v) is 3.71. The number of rotatable bonds is 6. The third kappa shape index (κ3) is 4.19. The van der Waals surface area contributed by atoms with E-state index in [-0.39, 0.29) is 28.7 Å².